The molecule has 7 nitrogen and oxygen atoms in total. The minimum atomic E-state index is -0.552. The van der Waals surface area contributed by atoms with E-state index >= 15 is 0 Å². The number of aryl methyl sites for hydroxylation is 1. The molecule has 0 saturated carbocycles. The van der Waals surface area contributed by atoms with E-state index in [1.165, 1.54) is 0 Å². The second-order valence-corrected chi connectivity index (χ2v) is 6.98. The molecule has 24 heavy (non-hydrogen) atoms. The quantitative estimate of drug-likeness (QED) is 0.837. The van der Waals surface area contributed by atoms with Crippen LogP contribution in [0.25, 0.3) is 0 Å². The van der Waals surface area contributed by atoms with Gasteiger partial charge in [-0.15, -0.1) is 0 Å². The molecule has 1 saturated heterocycles. The third kappa shape index (κ3) is 2.79. The van der Waals surface area contributed by atoms with Crippen LogP contribution in [0.4, 0.5) is 0 Å². The highest BCUT2D eigenvalue weighted by Crippen LogP contribution is 2.34. The number of amides is 2. The molecule has 0 aromatic carbocycles. The van der Waals surface area contributed by atoms with Gasteiger partial charge in [-0.25, -0.2) is 0 Å². The molecular weight excluding hydrogens is 308 g/mol. The average molecular weight is 332 g/mol. The van der Waals surface area contributed by atoms with Gasteiger partial charge >= 0.3 is 0 Å². The molecule has 3 rings (SSSR count). The Morgan fingerprint density at radius 1 is 1.42 bits per heavy atom. The monoisotopic (exact) mass is 332 g/mol. The lowest BCUT2D eigenvalue weighted by molar-refractivity contribution is -0.124. The fraction of sp³-hybridized carbons (Fsp3) is 0.588. The van der Waals surface area contributed by atoms with E-state index in [1.807, 2.05) is 43.8 Å². The molecule has 0 radical (unpaired) electrons. The molecule has 1 aromatic heterocycles. The molecule has 7 heteroatoms. The second kappa shape index (κ2) is 5.96. The average Bonchev–Trinajstić information content (AvgIpc) is 3.26. The van der Waals surface area contributed by atoms with Crippen LogP contribution < -0.4 is 0 Å². The maximum Gasteiger partial charge on any atom is 0.271 e. The van der Waals surface area contributed by atoms with Crippen molar-refractivity contribution in [2.75, 3.05) is 20.1 Å². The first-order valence-corrected chi connectivity index (χ1v) is 8.26. The summed E-state index contributed by atoms with van der Waals surface area (Å²) in [6.45, 7) is 4.99. The van der Waals surface area contributed by atoms with Crippen LogP contribution in [0, 0.1) is 0 Å². The van der Waals surface area contributed by atoms with Gasteiger partial charge in [0.2, 0.25) is 0 Å². The van der Waals surface area contributed by atoms with Gasteiger partial charge in [-0.1, -0.05) is 5.16 Å². The van der Waals surface area contributed by atoms with Crippen LogP contribution in [-0.2, 0) is 16.7 Å². The minimum Gasteiger partial charge on any atom is -0.386 e. The Morgan fingerprint density at radius 2 is 2.17 bits per heavy atom. The van der Waals surface area contributed by atoms with E-state index in [9.17, 15) is 9.59 Å². The zero-order valence-electron chi connectivity index (χ0n) is 14.7. The molecule has 1 aromatic rings. The Labute approximate surface area is 141 Å². The molecular formula is C17H24N4O3. The van der Waals surface area contributed by atoms with Crippen LogP contribution in [-0.4, -0.2) is 63.7 Å². The Hall–Kier alpha value is -2.31. The zero-order valence-corrected chi connectivity index (χ0v) is 14.7. The van der Waals surface area contributed by atoms with Crippen molar-refractivity contribution in [2.24, 2.45) is 12.2 Å². The highest BCUT2D eigenvalue weighted by atomic mass is 16.7. The van der Waals surface area contributed by atoms with E-state index in [1.54, 1.807) is 16.8 Å². The largest absolute Gasteiger partial charge is 0.386 e. The van der Waals surface area contributed by atoms with E-state index in [2.05, 4.69) is 5.16 Å². The van der Waals surface area contributed by atoms with Crippen molar-refractivity contribution in [3.8, 4) is 0 Å². The Bertz CT molecular complexity index is 694. The van der Waals surface area contributed by atoms with Gasteiger partial charge in [-0.3, -0.25) is 9.59 Å². The molecule has 1 fully saturated rings. The Balaban J connectivity index is 1.65. The van der Waals surface area contributed by atoms with E-state index in [0.717, 1.165) is 0 Å². The second-order valence-electron chi connectivity index (χ2n) is 6.98. The molecule has 2 amide bonds. The van der Waals surface area contributed by atoms with Gasteiger partial charge < -0.3 is 19.2 Å². The number of carbonyl (C=O) groups is 2. The lowest BCUT2D eigenvalue weighted by Crippen LogP contribution is -2.41. The number of aromatic nitrogens is 1. The number of rotatable bonds is 3. The number of carbonyl (C=O) groups excluding carboxylic acids is 2. The van der Waals surface area contributed by atoms with Gasteiger partial charge in [0.25, 0.3) is 11.8 Å². The van der Waals surface area contributed by atoms with Crippen LogP contribution in [0.3, 0.4) is 0 Å². The first-order chi connectivity index (χ1) is 11.3. The number of nitrogens with zero attached hydrogens (tertiary/aromatic N) is 4. The minimum absolute atomic E-state index is 0.0120. The number of oxime groups is 1. The topological polar surface area (TPSA) is 67.1 Å². The van der Waals surface area contributed by atoms with Gasteiger partial charge in [0.05, 0.1) is 6.54 Å². The number of likely N-dealkylation sites (tertiary alicyclic amines) is 1. The van der Waals surface area contributed by atoms with Crippen molar-refractivity contribution in [2.45, 2.75) is 38.3 Å². The lowest BCUT2D eigenvalue weighted by Gasteiger charge is -2.23. The molecule has 3 heterocycles. The summed E-state index contributed by atoms with van der Waals surface area (Å²) in [6, 6.07) is 3.77. The van der Waals surface area contributed by atoms with Crippen LogP contribution >= 0.6 is 0 Å². The molecule has 0 bridgehead atoms. The highest BCUT2D eigenvalue weighted by Gasteiger charge is 2.48. The predicted octanol–water partition coefficient (Wildman–Crippen LogP) is 1.25. The third-order valence-corrected chi connectivity index (χ3v) is 4.95. The smallest absolute Gasteiger partial charge is 0.271 e. The van der Waals surface area contributed by atoms with Gasteiger partial charge in [0.15, 0.2) is 5.60 Å². The fourth-order valence-corrected chi connectivity index (χ4v) is 3.16. The van der Waals surface area contributed by atoms with Crippen molar-refractivity contribution in [3.63, 3.8) is 0 Å². The van der Waals surface area contributed by atoms with Gasteiger partial charge in [-0.2, -0.15) is 0 Å². The SMILES string of the molecule is CC(C)N(C)C(=O)C1=NO[C@]2(CCN(C(=O)c3cccn3C)C2)C1. The van der Waals surface area contributed by atoms with Crippen LogP contribution in [0.1, 0.15) is 37.2 Å². The normalized spacial score (nSPS) is 22.9. The summed E-state index contributed by atoms with van der Waals surface area (Å²) in [5.41, 5.74) is 0.546. The summed E-state index contributed by atoms with van der Waals surface area (Å²) in [5, 5.41) is 4.03. The zero-order chi connectivity index (χ0) is 17.5. The summed E-state index contributed by atoms with van der Waals surface area (Å²) >= 11 is 0. The lowest BCUT2D eigenvalue weighted by atomic mass is 9.96. The maximum atomic E-state index is 12.6. The van der Waals surface area contributed by atoms with Crippen LogP contribution in [0.5, 0.6) is 0 Å². The summed E-state index contributed by atoms with van der Waals surface area (Å²) < 4.78 is 1.81. The van der Waals surface area contributed by atoms with Crippen molar-refractivity contribution in [3.05, 3.63) is 24.0 Å². The summed E-state index contributed by atoms with van der Waals surface area (Å²) in [4.78, 5) is 34.1. The molecule has 1 spiro atoms. The van der Waals surface area contributed by atoms with E-state index in [-0.39, 0.29) is 17.9 Å². The molecule has 2 aliphatic rings. The molecule has 0 aliphatic carbocycles. The van der Waals surface area contributed by atoms with Crippen molar-refractivity contribution in [1.29, 1.82) is 0 Å². The maximum absolute atomic E-state index is 12.6. The van der Waals surface area contributed by atoms with Crippen molar-refractivity contribution in [1.82, 2.24) is 14.4 Å². The van der Waals surface area contributed by atoms with E-state index < -0.39 is 5.60 Å². The molecule has 1 atom stereocenters. The molecule has 0 N–H and O–H groups in total. The van der Waals surface area contributed by atoms with Crippen molar-refractivity contribution < 1.29 is 14.4 Å². The summed E-state index contributed by atoms with van der Waals surface area (Å²) in [5.74, 6) is -0.115. The molecule has 130 valence electrons. The highest BCUT2D eigenvalue weighted by molar-refractivity contribution is 6.39. The van der Waals surface area contributed by atoms with Gasteiger partial charge in [-0.05, 0) is 26.0 Å². The van der Waals surface area contributed by atoms with Crippen molar-refractivity contribution >= 4 is 17.5 Å². The fourth-order valence-electron chi connectivity index (χ4n) is 3.16. The number of hydrogen-bond acceptors (Lipinski definition) is 4. The van der Waals surface area contributed by atoms with Gasteiger partial charge in [0, 0.05) is 45.7 Å². The van der Waals surface area contributed by atoms with Crippen LogP contribution in [0.2, 0.25) is 0 Å². The number of hydrogen-bond donors (Lipinski definition) is 0. The summed E-state index contributed by atoms with van der Waals surface area (Å²) in [7, 11) is 3.62. The van der Waals surface area contributed by atoms with E-state index in [4.69, 9.17) is 4.84 Å². The van der Waals surface area contributed by atoms with E-state index in [0.29, 0.717) is 37.3 Å². The Kier molecular flexibility index (Phi) is 4.11. The predicted molar refractivity (Wildman–Crippen MR) is 89.7 cm³/mol. The standard InChI is InChI=1S/C17H24N4O3/c1-12(2)20(4)15(22)13-10-17(24-18-13)7-9-21(11-17)16(23)14-6-5-8-19(14)3/h5-6,8,12H,7,9-11H2,1-4H3/t17-/m1/s1. The summed E-state index contributed by atoms with van der Waals surface area (Å²) in [6.07, 6.45) is 3.00. The Morgan fingerprint density at radius 3 is 2.79 bits per heavy atom. The van der Waals surface area contributed by atoms with Gasteiger partial charge in [0.1, 0.15) is 11.4 Å². The molecule has 2 aliphatic heterocycles. The third-order valence-electron chi connectivity index (χ3n) is 4.95. The first-order valence-electron chi connectivity index (χ1n) is 8.26. The van der Waals surface area contributed by atoms with Crippen LogP contribution in [0.15, 0.2) is 23.5 Å². The first kappa shape index (κ1) is 16.5. The molecule has 0 unspecified atom stereocenters.